The standard InChI is InChI=1S/C17H34N2O3/c1-3-4-5-6-7-8-9-13-16(20)19(2)15(17(21)22)12-10-11-14-18/h15H,3-14,18H2,1-2H3,(H,21,22). The minimum atomic E-state index is -0.924. The predicted molar refractivity (Wildman–Crippen MR) is 89.7 cm³/mol. The number of nitrogens with two attached hydrogens (primary N) is 1. The number of carboxylic acids is 1. The van der Waals surface area contributed by atoms with Crippen LogP contribution in [0.15, 0.2) is 0 Å². The third-order valence-corrected chi connectivity index (χ3v) is 4.07. The molecule has 0 spiro atoms. The van der Waals surface area contributed by atoms with Crippen molar-refractivity contribution in [2.24, 2.45) is 5.73 Å². The second-order valence-corrected chi connectivity index (χ2v) is 6.01. The number of hydrogen-bond acceptors (Lipinski definition) is 3. The Morgan fingerprint density at radius 1 is 1.00 bits per heavy atom. The van der Waals surface area contributed by atoms with Crippen LogP contribution < -0.4 is 5.73 Å². The minimum absolute atomic E-state index is 0.0614. The van der Waals surface area contributed by atoms with Crippen LogP contribution in [0.5, 0.6) is 0 Å². The Balaban J connectivity index is 3.97. The fraction of sp³-hybridized carbons (Fsp3) is 0.882. The number of nitrogens with zero attached hydrogens (tertiary/aromatic N) is 1. The van der Waals surface area contributed by atoms with Crippen LogP contribution in [0.2, 0.25) is 0 Å². The highest BCUT2D eigenvalue weighted by Crippen LogP contribution is 2.12. The van der Waals surface area contributed by atoms with Crippen LogP contribution in [-0.4, -0.2) is 41.5 Å². The van der Waals surface area contributed by atoms with E-state index < -0.39 is 12.0 Å². The first-order valence-electron chi connectivity index (χ1n) is 8.73. The molecule has 0 aromatic heterocycles. The summed E-state index contributed by atoms with van der Waals surface area (Å²) in [5, 5.41) is 9.26. The third-order valence-electron chi connectivity index (χ3n) is 4.07. The van der Waals surface area contributed by atoms with E-state index in [1.54, 1.807) is 7.05 Å². The molecule has 130 valence electrons. The summed E-state index contributed by atoms with van der Waals surface area (Å²) in [5.74, 6) is -0.985. The molecule has 0 bridgehead atoms. The van der Waals surface area contributed by atoms with E-state index in [2.05, 4.69) is 6.92 Å². The van der Waals surface area contributed by atoms with Crippen LogP contribution >= 0.6 is 0 Å². The van der Waals surface area contributed by atoms with Crippen LogP contribution in [-0.2, 0) is 9.59 Å². The molecule has 1 amide bonds. The number of likely N-dealkylation sites (N-methyl/N-ethyl adjacent to an activating group) is 1. The van der Waals surface area contributed by atoms with Gasteiger partial charge in [0.25, 0.3) is 0 Å². The number of unbranched alkanes of at least 4 members (excludes halogenated alkanes) is 7. The fourth-order valence-electron chi connectivity index (χ4n) is 2.55. The van der Waals surface area contributed by atoms with E-state index in [4.69, 9.17) is 5.73 Å². The fourth-order valence-corrected chi connectivity index (χ4v) is 2.55. The number of aliphatic carboxylic acids is 1. The lowest BCUT2D eigenvalue weighted by Gasteiger charge is -2.25. The number of rotatable bonds is 14. The zero-order valence-corrected chi connectivity index (χ0v) is 14.4. The molecule has 0 rings (SSSR count). The Morgan fingerprint density at radius 2 is 1.59 bits per heavy atom. The number of carbonyl (C=O) groups excluding carboxylic acids is 1. The van der Waals surface area contributed by atoms with E-state index in [0.717, 1.165) is 32.1 Å². The Hall–Kier alpha value is -1.10. The molecule has 3 N–H and O–H groups in total. The highest BCUT2D eigenvalue weighted by molar-refractivity contribution is 5.83. The molecule has 0 heterocycles. The van der Waals surface area contributed by atoms with E-state index in [-0.39, 0.29) is 5.91 Å². The molecule has 0 saturated carbocycles. The molecule has 5 nitrogen and oxygen atoms in total. The highest BCUT2D eigenvalue weighted by atomic mass is 16.4. The van der Waals surface area contributed by atoms with Gasteiger partial charge in [-0.3, -0.25) is 4.79 Å². The van der Waals surface area contributed by atoms with Crippen molar-refractivity contribution in [3.63, 3.8) is 0 Å². The maximum Gasteiger partial charge on any atom is 0.326 e. The molecule has 0 aromatic rings. The van der Waals surface area contributed by atoms with Crippen molar-refractivity contribution in [1.29, 1.82) is 0 Å². The Morgan fingerprint density at radius 3 is 2.14 bits per heavy atom. The molecule has 0 aliphatic heterocycles. The summed E-state index contributed by atoms with van der Waals surface area (Å²) >= 11 is 0. The van der Waals surface area contributed by atoms with Gasteiger partial charge in [-0.2, -0.15) is 0 Å². The smallest absolute Gasteiger partial charge is 0.326 e. The summed E-state index contributed by atoms with van der Waals surface area (Å²) in [6, 6.07) is -0.719. The van der Waals surface area contributed by atoms with Gasteiger partial charge in [-0.05, 0) is 32.2 Å². The zero-order valence-electron chi connectivity index (χ0n) is 14.4. The summed E-state index contributed by atoms with van der Waals surface area (Å²) < 4.78 is 0. The third kappa shape index (κ3) is 9.77. The van der Waals surface area contributed by atoms with E-state index in [1.165, 1.54) is 30.6 Å². The summed E-state index contributed by atoms with van der Waals surface area (Å²) in [7, 11) is 1.60. The highest BCUT2D eigenvalue weighted by Gasteiger charge is 2.25. The van der Waals surface area contributed by atoms with Crippen molar-refractivity contribution in [1.82, 2.24) is 4.90 Å². The van der Waals surface area contributed by atoms with E-state index in [0.29, 0.717) is 19.4 Å². The molecule has 0 aromatic carbocycles. The van der Waals surface area contributed by atoms with E-state index in [1.807, 2.05) is 0 Å². The van der Waals surface area contributed by atoms with Gasteiger partial charge in [0.1, 0.15) is 6.04 Å². The first kappa shape index (κ1) is 20.9. The van der Waals surface area contributed by atoms with Crippen molar-refractivity contribution >= 4 is 11.9 Å². The maximum absolute atomic E-state index is 12.1. The van der Waals surface area contributed by atoms with Gasteiger partial charge in [-0.1, -0.05) is 45.4 Å². The van der Waals surface area contributed by atoms with Crippen LogP contribution in [0.25, 0.3) is 0 Å². The zero-order chi connectivity index (χ0) is 16.8. The van der Waals surface area contributed by atoms with E-state index >= 15 is 0 Å². The lowest BCUT2D eigenvalue weighted by Crippen LogP contribution is -2.42. The molecular weight excluding hydrogens is 280 g/mol. The van der Waals surface area contributed by atoms with Gasteiger partial charge >= 0.3 is 5.97 Å². The monoisotopic (exact) mass is 314 g/mol. The van der Waals surface area contributed by atoms with Crippen LogP contribution in [0.4, 0.5) is 0 Å². The number of carbonyl (C=O) groups is 2. The molecule has 0 fully saturated rings. The molecule has 22 heavy (non-hydrogen) atoms. The van der Waals surface area contributed by atoms with Crippen LogP contribution in [0, 0.1) is 0 Å². The minimum Gasteiger partial charge on any atom is -0.480 e. The summed E-state index contributed by atoms with van der Waals surface area (Å²) in [5.41, 5.74) is 5.42. The summed E-state index contributed by atoms with van der Waals surface area (Å²) in [6.45, 7) is 2.75. The predicted octanol–water partition coefficient (Wildman–Crippen LogP) is 3.17. The molecule has 0 aliphatic rings. The Kier molecular flexibility index (Phi) is 12.9. The second-order valence-electron chi connectivity index (χ2n) is 6.01. The van der Waals surface area contributed by atoms with E-state index in [9.17, 15) is 14.7 Å². The molecule has 0 radical (unpaired) electrons. The number of hydrogen-bond donors (Lipinski definition) is 2. The van der Waals surface area contributed by atoms with Gasteiger partial charge in [0.05, 0.1) is 0 Å². The molecule has 0 aliphatic carbocycles. The van der Waals surface area contributed by atoms with Crippen molar-refractivity contribution in [3.8, 4) is 0 Å². The van der Waals surface area contributed by atoms with Crippen molar-refractivity contribution < 1.29 is 14.7 Å². The quantitative estimate of drug-likeness (QED) is 0.482. The molecule has 1 atom stereocenters. The van der Waals surface area contributed by atoms with Gasteiger partial charge in [0.2, 0.25) is 5.91 Å². The number of carboxylic acid groups (broad SMARTS) is 1. The average Bonchev–Trinajstić information content (AvgIpc) is 2.49. The molecular formula is C17H34N2O3. The largest absolute Gasteiger partial charge is 0.480 e. The lowest BCUT2D eigenvalue weighted by atomic mass is 10.1. The molecule has 0 saturated heterocycles. The van der Waals surface area contributed by atoms with Gasteiger partial charge in [-0.25, -0.2) is 4.79 Å². The van der Waals surface area contributed by atoms with Gasteiger partial charge in [0, 0.05) is 13.5 Å². The summed E-state index contributed by atoms with van der Waals surface area (Å²) in [6.07, 6.45) is 10.5. The summed E-state index contributed by atoms with van der Waals surface area (Å²) in [4.78, 5) is 24.8. The Labute approximate surface area is 135 Å². The van der Waals surface area contributed by atoms with Crippen molar-refractivity contribution in [2.45, 2.75) is 83.6 Å². The first-order valence-corrected chi connectivity index (χ1v) is 8.73. The van der Waals surface area contributed by atoms with Crippen LogP contribution in [0.3, 0.4) is 0 Å². The van der Waals surface area contributed by atoms with Gasteiger partial charge < -0.3 is 15.7 Å². The normalized spacial score (nSPS) is 12.1. The van der Waals surface area contributed by atoms with Crippen LogP contribution in [0.1, 0.15) is 77.6 Å². The average molecular weight is 314 g/mol. The van der Waals surface area contributed by atoms with Crippen molar-refractivity contribution in [2.75, 3.05) is 13.6 Å². The van der Waals surface area contributed by atoms with Gasteiger partial charge in [0.15, 0.2) is 0 Å². The topological polar surface area (TPSA) is 83.6 Å². The van der Waals surface area contributed by atoms with Crippen molar-refractivity contribution in [3.05, 3.63) is 0 Å². The second kappa shape index (κ2) is 13.6. The SMILES string of the molecule is CCCCCCCCCC(=O)N(C)C(CCCCN)C(=O)O. The molecule has 1 unspecified atom stereocenters. The number of amides is 1. The Bertz CT molecular complexity index is 308. The maximum atomic E-state index is 12.1. The molecule has 5 heteroatoms. The lowest BCUT2D eigenvalue weighted by molar-refractivity contribution is -0.149. The first-order chi connectivity index (χ1) is 10.5. The van der Waals surface area contributed by atoms with Gasteiger partial charge in [-0.15, -0.1) is 0 Å².